The first-order valence-corrected chi connectivity index (χ1v) is 12.2. The summed E-state index contributed by atoms with van der Waals surface area (Å²) in [5.74, 6) is -1.69. The quantitative estimate of drug-likeness (QED) is 0.584. The first-order valence-electron chi connectivity index (χ1n) is 9.94. The summed E-state index contributed by atoms with van der Waals surface area (Å²) in [6, 6.07) is 3.04. The average molecular weight is 495 g/mol. The maximum atomic E-state index is 12.9. The van der Waals surface area contributed by atoms with Gasteiger partial charge >= 0.3 is 5.97 Å². The molecule has 8 nitrogen and oxygen atoms in total. The number of esters is 1. The van der Waals surface area contributed by atoms with Crippen LogP contribution in [0, 0.1) is 5.92 Å². The van der Waals surface area contributed by atoms with E-state index in [0.717, 1.165) is 0 Å². The van der Waals surface area contributed by atoms with Crippen LogP contribution in [0.1, 0.15) is 34.6 Å². The van der Waals surface area contributed by atoms with E-state index in [0.29, 0.717) is 13.1 Å². The third kappa shape index (κ3) is 6.55. The van der Waals surface area contributed by atoms with Crippen molar-refractivity contribution >= 4 is 45.1 Å². The first kappa shape index (κ1) is 25.9. The monoisotopic (exact) mass is 494 g/mol. The molecule has 1 heterocycles. The predicted octanol–water partition coefficient (Wildman–Crippen LogP) is 2.86. The molecular weight excluding hydrogens is 467 g/mol. The smallest absolute Gasteiger partial charge is 0.325 e. The lowest BCUT2D eigenvalue weighted by Crippen LogP contribution is -2.52. The van der Waals surface area contributed by atoms with Gasteiger partial charge < -0.3 is 14.4 Å². The van der Waals surface area contributed by atoms with E-state index in [1.165, 1.54) is 25.1 Å². The van der Waals surface area contributed by atoms with Crippen LogP contribution >= 0.6 is 23.2 Å². The van der Waals surface area contributed by atoms with Crippen molar-refractivity contribution in [3.8, 4) is 0 Å². The SMILES string of the molecule is CC1CN(C(=O)C(C)OC(=O)C(NS(=O)(=O)c2c(Cl)cccc2Cl)C(C)C)CC(C)O1. The van der Waals surface area contributed by atoms with E-state index in [-0.39, 0.29) is 33.1 Å². The molecule has 1 saturated heterocycles. The van der Waals surface area contributed by atoms with Crippen LogP contribution in [0.15, 0.2) is 23.1 Å². The molecule has 1 amide bonds. The van der Waals surface area contributed by atoms with Gasteiger partial charge in [-0.15, -0.1) is 0 Å². The molecule has 11 heteroatoms. The Morgan fingerprint density at radius 1 is 1.13 bits per heavy atom. The Kier molecular flexibility index (Phi) is 8.75. The van der Waals surface area contributed by atoms with Gasteiger partial charge in [0.2, 0.25) is 10.0 Å². The minimum atomic E-state index is -4.23. The third-order valence-corrected chi connectivity index (χ3v) is 7.16. The number of nitrogens with zero attached hydrogens (tertiary/aromatic N) is 1. The van der Waals surface area contributed by atoms with E-state index in [4.69, 9.17) is 32.7 Å². The molecule has 1 aromatic rings. The van der Waals surface area contributed by atoms with Gasteiger partial charge in [0, 0.05) is 13.1 Å². The standard InChI is InChI=1S/C20H28Cl2N2O6S/c1-11(2)17(23-31(27,28)18-15(21)7-6-8-16(18)22)20(26)30-14(5)19(25)24-9-12(3)29-13(4)10-24/h6-8,11-14,17,23H,9-10H2,1-5H3. The number of morpholine rings is 1. The van der Waals surface area contributed by atoms with Crippen molar-refractivity contribution in [1.29, 1.82) is 0 Å². The molecule has 4 atom stereocenters. The molecule has 1 aliphatic heterocycles. The summed E-state index contributed by atoms with van der Waals surface area (Å²) in [6.07, 6.45) is -1.35. The highest BCUT2D eigenvalue weighted by Crippen LogP contribution is 2.29. The second-order valence-corrected chi connectivity index (χ2v) is 10.4. The molecule has 1 N–H and O–H groups in total. The molecule has 4 unspecified atom stereocenters. The number of sulfonamides is 1. The molecule has 1 aliphatic rings. The molecule has 2 rings (SSSR count). The van der Waals surface area contributed by atoms with Crippen LogP contribution < -0.4 is 4.72 Å². The van der Waals surface area contributed by atoms with E-state index < -0.39 is 34.1 Å². The van der Waals surface area contributed by atoms with Crippen molar-refractivity contribution in [2.75, 3.05) is 13.1 Å². The zero-order valence-electron chi connectivity index (χ0n) is 18.1. The normalized spacial score (nSPS) is 21.6. The van der Waals surface area contributed by atoms with Gasteiger partial charge in [0.1, 0.15) is 10.9 Å². The summed E-state index contributed by atoms with van der Waals surface area (Å²) < 4.78 is 39.0. The highest BCUT2D eigenvalue weighted by Gasteiger charge is 2.35. The Bertz CT molecular complexity index is 894. The minimum absolute atomic E-state index is 0.0741. The summed E-state index contributed by atoms with van der Waals surface area (Å²) in [6.45, 7) is 9.25. The third-order valence-electron chi connectivity index (χ3n) is 4.76. The zero-order chi connectivity index (χ0) is 23.5. The van der Waals surface area contributed by atoms with Crippen LogP contribution in [0.3, 0.4) is 0 Å². The Hall–Kier alpha value is -1.39. The van der Waals surface area contributed by atoms with Crippen LogP contribution in [0.2, 0.25) is 10.0 Å². The number of ether oxygens (including phenoxy) is 2. The van der Waals surface area contributed by atoms with Gasteiger partial charge in [-0.1, -0.05) is 43.1 Å². The molecule has 0 saturated carbocycles. The number of amides is 1. The van der Waals surface area contributed by atoms with Gasteiger partial charge in [-0.25, -0.2) is 8.42 Å². The van der Waals surface area contributed by atoms with Crippen molar-refractivity contribution in [1.82, 2.24) is 9.62 Å². The van der Waals surface area contributed by atoms with Crippen LogP contribution in [0.5, 0.6) is 0 Å². The van der Waals surface area contributed by atoms with Gasteiger partial charge in [0.05, 0.1) is 22.3 Å². The number of rotatable bonds is 7. The summed E-state index contributed by atoms with van der Waals surface area (Å²) in [5, 5.41) is -0.148. The Morgan fingerprint density at radius 2 is 1.65 bits per heavy atom. The van der Waals surface area contributed by atoms with Gasteiger partial charge in [0.25, 0.3) is 5.91 Å². The maximum Gasteiger partial charge on any atom is 0.325 e. The number of carbonyl (C=O) groups is 2. The zero-order valence-corrected chi connectivity index (χ0v) is 20.4. The van der Waals surface area contributed by atoms with Crippen molar-refractivity contribution in [2.45, 2.75) is 63.9 Å². The van der Waals surface area contributed by atoms with Crippen LogP contribution in [0.4, 0.5) is 0 Å². The van der Waals surface area contributed by atoms with Crippen molar-refractivity contribution in [2.24, 2.45) is 5.92 Å². The molecule has 0 bridgehead atoms. The number of hydrogen-bond donors (Lipinski definition) is 1. The Balaban J connectivity index is 2.14. The van der Waals surface area contributed by atoms with Gasteiger partial charge in [0.15, 0.2) is 6.10 Å². The fourth-order valence-electron chi connectivity index (χ4n) is 3.33. The summed E-state index contributed by atoms with van der Waals surface area (Å²) in [4.78, 5) is 26.8. The topological polar surface area (TPSA) is 102 Å². The van der Waals surface area contributed by atoms with Crippen molar-refractivity contribution in [3.05, 3.63) is 28.2 Å². The van der Waals surface area contributed by atoms with Gasteiger partial charge in [-0.2, -0.15) is 4.72 Å². The molecule has 31 heavy (non-hydrogen) atoms. The van der Waals surface area contributed by atoms with Gasteiger partial charge in [-0.3, -0.25) is 9.59 Å². The molecule has 0 spiro atoms. The van der Waals surface area contributed by atoms with E-state index in [1.807, 2.05) is 13.8 Å². The molecule has 174 valence electrons. The fraction of sp³-hybridized carbons (Fsp3) is 0.600. The van der Waals surface area contributed by atoms with Crippen LogP contribution in [-0.2, 0) is 29.1 Å². The average Bonchev–Trinajstić information content (AvgIpc) is 2.64. The predicted molar refractivity (Wildman–Crippen MR) is 118 cm³/mol. The largest absolute Gasteiger partial charge is 0.451 e. The van der Waals surface area contributed by atoms with E-state index in [1.54, 1.807) is 18.7 Å². The molecular formula is C20H28Cl2N2O6S. The van der Waals surface area contributed by atoms with Crippen LogP contribution in [-0.4, -0.2) is 62.6 Å². The van der Waals surface area contributed by atoms with E-state index in [2.05, 4.69) is 4.72 Å². The molecule has 1 aromatic carbocycles. The highest BCUT2D eigenvalue weighted by molar-refractivity contribution is 7.89. The molecule has 0 aromatic heterocycles. The van der Waals surface area contributed by atoms with E-state index in [9.17, 15) is 18.0 Å². The van der Waals surface area contributed by atoms with Gasteiger partial charge in [-0.05, 0) is 38.8 Å². The maximum absolute atomic E-state index is 12.9. The Labute approximate surface area is 193 Å². The lowest BCUT2D eigenvalue weighted by atomic mass is 10.1. The summed E-state index contributed by atoms with van der Waals surface area (Å²) >= 11 is 12.0. The summed E-state index contributed by atoms with van der Waals surface area (Å²) in [5.41, 5.74) is 0. The molecule has 0 aliphatic carbocycles. The van der Waals surface area contributed by atoms with E-state index >= 15 is 0 Å². The summed E-state index contributed by atoms with van der Waals surface area (Å²) in [7, 11) is -4.23. The second-order valence-electron chi connectivity index (χ2n) is 7.97. The first-order chi connectivity index (χ1) is 14.3. The number of benzene rings is 1. The molecule has 0 radical (unpaired) electrons. The lowest BCUT2D eigenvalue weighted by Gasteiger charge is -2.36. The number of halogens is 2. The minimum Gasteiger partial charge on any atom is -0.451 e. The number of carbonyl (C=O) groups excluding carboxylic acids is 2. The molecule has 1 fully saturated rings. The number of hydrogen-bond acceptors (Lipinski definition) is 6. The lowest BCUT2D eigenvalue weighted by molar-refractivity contribution is -0.166. The highest BCUT2D eigenvalue weighted by atomic mass is 35.5. The van der Waals surface area contributed by atoms with Crippen molar-refractivity contribution < 1.29 is 27.5 Å². The number of nitrogens with one attached hydrogen (secondary N) is 1. The van der Waals surface area contributed by atoms with Crippen molar-refractivity contribution in [3.63, 3.8) is 0 Å². The fourth-order valence-corrected chi connectivity index (χ4v) is 5.81. The Morgan fingerprint density at radius 3 is 2.13 bits per heavy atom. The van der Waals surface area contributed by atoms with Crippen LogP contribution in [0.25, 0.3) is 0 Å². The second kappa shape index (κ2) is 10.5.